The summed E-state index contributed by atoms with van der Waals surface area (Å²) in [6.45, 7) is 0. The summed E-state index contributed by atoms with van der Waals surface area (Å²) in [7, 11) is 0. The fourth-order valence-corrected chi connectivity index (χ4v) is 1.33. The molecule has 0 saturated carbocycles. The number of nitrogens with zero attached hydrogens (tertiary/aromatic N) is 4. The number of nitro benzene ring substituents is 1. The summed E-state index contributed by atoms with van der Waals surface area (Å²) in [6, 6.07) is 3.47. The molecule has 0 unspecified atom stereocenters. The molecule has 0 amide bonds. The first-order chi connectivity index (χ1) is 8.09. The van der Waals surface area contributed by atoms with Crippen LogP contribution in [0, 0.1) is 10.1 Å². The number of hydrogen-bond acceptors (Lipinski definition) is 5. The first kappa shape index (κ1) is 10.7. The SMILES string of the molecule is O=C(O)c1ccc([N+](=O)[O-])c(-n2cncn2)c1. The van der Waals surface area contributed by atoms with Gasteiger partial charge in [0.25, 0.3) is 5.69 Å². The van der Waals surface area contributed by atoms with E-state index in [0.29, 0.717) is 0 Å². The van der Waals surface area contributed by atoms with Gasteiger partial charge in [-0.05, 0) is 12.1 Å². The molecule has 0 aliphatic carbocycles. The summed E-state index contributed by atoms with van der Waals surface area (Å²) in [5.41, 5.74) is -0.228. The van der Waals surface area contributed by atoms with Crippen molar-refractivity contribution in [2.75, 3.05) is 0 Å². The molecule has 0 saturated heterocycles. The maximum absolute atomic E-state index is 10.8. The van der Waals surface area contributed by atoms with Crippen LogP contribution in [0.5, 0.6) is 0 Å². The van der Waals surface area contributed by atoms with Gasteiger partial charge in [0.1, 0.15) is 18.3 Å². The molecule has 0 fully saturated rings. The minimum atomic E-state index is -1.17. The molecule has 17 heavy (non-hydrogen) atoms. The van der Waals surface area contributed by atoms with Gasteiger partial charge < -0.3 is 5.11 Å². The molecular formula is C9H6N4O4. The van der Waals surface area contributed by atoms with Gasteiger partial charge in [-0.3, -0.25) is 10.1 Å². The summed E-state index contributed by atoms with van der Waals surface area (Å²) in [6.07, 6.45) is 2.46. The Bertz CT molecular complexity index is 579. The lowest BCUT2D eigenvalue weighted by Gasteiger charge is -2.03. The van der Waals surface area contributed by atoms with Gasteiger partial charge >= 0.3 is 5.97 Å². The Hall–Kier alpha value is -2.77. The average molecular weight is 234 g/mol. The summed E-state index contributed by atoms with van der Waals surface area (Å²) in [4.78, 5) is 24.6. The van der Waals surface area contributed by atoms with Gasteiger partial charge in [0.05, 0.1) is 10.5 Å². The van der Waals surface area contributed by atoms with E-state index in [1.165, 1.54) is 24.8 Å². The lowest BCUT2D eigenvalue weighted by molar-refractivity contribution is -0.384. The van der Waals surface area contributed by atoms with Crippen molar-refractivity contribution in [1.29, 1.82) is 0 Å². The van der Waals surface area contributed by atoms with Crippen molar-refractivity contribution in [2.45, 2.75) is 0 Å². The fourth-order valence-electron chi connectivity index (χ4n) is 1.33. The normalized spacial score (nSPS) is 10.1. The van der Waals surface area contributed by atoms with E-state index >= 15 is 0 Å². The average Bonchev–Trinajstić information content (AvgIpc) is 2.81. The van der Waals surface area contributed by atoms with E-state index in [-0.39, 0.29) is 16.9 Å². The highest BCUT2D eigenvalue weighted by Gasteiger charge is 2.18. The second-order valence-corrected chi connectivity index (χ2v) is 3.11. The molecule has 0 bridgehead atoms. The lowest BCUT2D eigenvalue weighted by Crippen LogP contribution is -2.04. The fraction of sp³-hybridized carbons (Fsp3) is 0. The topological polar surface area (TPSA) is 111 Å². The predicted octanol–water partition coefficient (Wildman–Crippen LogP) is 0.874. The zero-order valence-electron chi connectivity index (χ0n) is 8.35. The number of rotatable bonds is 3. The first-order valence-electron chi connectivity index (χ1n) is 4.46. The molecule has 0 atom stereocenters. The van der Waals surface area contributed by atoms with E-state index in [1.807, 2.05) is 0 Å². The van der Waals surface area contributed by atoms with Crippen LogP contribution in [-0.4, -0.2) is 30.8 Å². The number of hydrogen-bond donors (Lipinski definition) is 1. The smallest absolute Gasteiger partial charge is 0.335 e. The molecule has 1 heterocycles. The van der Waals surface area contributed by atoms with E-state index < -0.39 is 10.9 Å². The van der Waals surface area contributed by atoms with E-state index in [1.54, 1.807) is 0 Å². The van der Waals surface area contributed by atoms with E-state index in [9.17, 15) is 14.9 Å². The van der Waals surface area contributed by atoms with Crippen molar-refractivity contribution in [3.8, 4) is 5.69 Å². The van der Waals surface area contributed by atoms with Gasteiger partial charge in [0.15, 0.2) is 0 Å². The second-order valence-electron chi connectivity index (χ2n) is 3.11. The van der Waals surface area contributed by atoms with Crippen molar-refractivity contribution in [3.63, 3.8) is 0 Å². The molecule has 8 nitrogen and oxygen atoms in total. The molecule has 8 heteroatoms. The zero-order valence-corrected chi connectivity index (χ0v) is 8.35. The van der Waals surface area contributed by atoms with E-state index in [2.05, 4.69) is 10.1 Å². The van der Waals surface area contributed by atoms with Gasteiger partial charge in [-0.2, -0.15) is 5.10 Å². The Balaban J connectivity index is 2.64. The zero-order chi connectivity index (χ0) is 12.4. The molecular weight excluding hydrogens is 228 g/mol. The Morgan fingerprint density at radius 3 is 2.76 bits per heavy atom. The lowest BCUT2D eigenvalue weighted by atomic mass is 10.2. The maximum atomic E-state index is 10.8. The monoisotopic (exact) mass is 234 g/mol. The van der Waals surface area contributed by atoms with Crippen LogP contribution in [0.15, 0.2) is 30.9 Å². The standard InChI is InChI=1S/C9H6N4O4/c14-9(15)6-1-2-7(13(16)17)8(3-6)12-5-10-4-11-12/h1-5H,(H,14,15). The predicted molar refractivity (Wildman–Crippen MR) is 55.0 cm³/mol. The molecule has 1 aromatic carbocycles. The highest BCUT2D eigenvalue weighted by molar-refractivity contribution is 5.89. The van der Waals surface area contributed by atoms with Crippen LogP contribution in [0.3, 0.4) is 0 Å². The Labute approximate surface area is 94.3 Å². The van der Waals surface area contributed by atoms with Crippen LogP contribution in [0.25, 0.3) is 5.69 Å². The number of carboxylic acids is 1. The highest BCUT2D eigenvalue weighted by atomic mass is 16.6. The number of benzene rings is 1. The van der Waals surface area contributed by atoms with Crippen molar-refractivity contribution in [1.82, 2.24) is 14.8 Å². The minimum Gasteiger partial charge on any atom is -0.478 e. The number of nitro groups is 1. The Kier molecular flexibility index (Phi) is 2.53. The third-order valence-corrected chi connectivity index (χ3v) is 2.08. The van der Waals surface area contributed by atoms with E-state index in [4.69, 9.17) is 5.11 Å². The van der Waals surface area contributed by atoms with Gasteiger partial charge in [0, 0.05) is 6.07 Å². The van der Waals surface area contributed by atoms with Crippen LogP contribution < -0.4 is 0 Å². The Morgan fingerprint density at radius 1 is 1.47 bits per heavy atom. The third kappa shape index (κ3) is 1.95. The highest BCUT2D eigenvalue weighted by Crippen LogP contribution is 2.23. The molecule has 2 aromatic rings. The summed E-state index contributed by atoms with van der Waals surface area (Å²) >= 11 is 0. The summed E-state index contributed by atoms with van der Waals surface area (Å²) < 4.78 is 1.14. The van der Waals surface area contributed by atoms with Crippen molar-refractivity contribution in [2.24, 2.45) is 0 Å². The van der Waals surface area contributed by atoms with Gasteiger partial charge in [-0.25, -0.2) is 14.5 Å². The quantitative estimate of drug-likeness (QED) is 0.623. The van der Waals surface area contributed by atoms with Crippen molar-refractivity contribution >= 4 is 11.7 Å². The Morgan fingerprint density at radius 2 is 2.24 bits per heavy atom. The molecule has 0 radical (unpaired) electrons. The third-order valence-electron chi connectivity index (χ3n) is 2.08. The molecule has 1 N–H and O–H groups in total. The number of aromatic carboxylic acids is 1. The van der Waals surface area contributed by atoms with Crippen LogP contribution in [-0.2, 0) is 0 Å². The number of aromatic nitrogens is 3. The van der Waals surface area contributed by atoms with Crippen LogP contribution in [0.2, 0.25) is 0 Å². The molecule has 1 aromatic heterocycles. The van der Waals surface area contributed by atoms with Gasteiger partial charge in [0.2, 0.25) is 0 Å². The molecule has 0 aliphatic rings. The minimum absolute atomic E-state index is 0.0545. The molecule has 0 spiro atoms. The van der Waals surface area contributed by atoms with Gasteiger partial charge in [-0.1, -0.05) is 0 Å². The largest absolute Gasteiger partial charge is 0.478 e. The molecule has 0 aliphatic heterocycles. The first-order valence-corrected chi connectivity index (χ1v) is 4.46. The van der Waals surface area contributed by atoms with Crippen LogP contribution in [0.1, 0.15) is 10.4 Å². The summed E-state index contributed by atoms with van der Waals surface area (Å²) in [5.74, 6) is -1.17. The number of carboxylic acid groups (broad SMARTS) is 1. The summed E-state index contributed by atoms with van der Waals surface area (Å²) in [5, 5.41) is 23.4. The van der Waals surface area contributed by atoms with Crippen molar-refractivity contribution in [3.05, 3.63) is 46.5 Å². The van der Waals surface area contributed by atoms with E-state index in [0.717, 1.165) is 10.7 Å². The van der Waals surface area contributed by atoms with Gasteiger partial charge in [-0.15, -0.1) is 0 Å². The number of carbonyl (C=O) groups is 1. The molecule has 2 rings (SSSR count). The second kappa shape index (κ2) is 4.00. The van der Waals surface area contributed by atoms with Crippen molar-refractivity contribution < 1.29 is 14.8 Å². The van der Waals surface area contributed by atoms with Crippen LogP contribution >= 0.6 is 0 Å². The maximum Gasteiger partial charge on any atom is 0.335 e. The van der Waals surface area contributed by atoms with Crippen LogP contribution in [0.4, 0.5) is 5.69 Å². The molecule has 86 valence electrons.